The molecule has 1 N–H and O–H groups in total. The van der Waals surface area contributed by atoms with Crippen LogP contribution < -0.4 is 5.32 Å². The Morgan fingerprint density at radius 2 is 1.95 bits per heavy atom. The lowest BCUT2D eigenvalue weighted by atomic mass is 10.0. The maximum absolute atomic E-state index is 13.8. The molecular formula is C29H31BrN4O3S. The zero-order valence-electron chi connectivity index (χ0n) is 21.7. The van der Waals surface area contributed by atoms with E-state index in [0.717, 1.165) is 38.2 Å². The van der Waals surface area contributed by atoms with Crippen molar-refractivity contribution in [2.75, 3.05) is 6.54 Å². The molecule has 2 aromatic carbocycles. The molecule has 3 heterocycles. The van der Waals surface area contributed by atoms with Crippen molar-refractivity contribution >= 4 is 45.0 Å². The van der Waals surface area contributed by atoms with Crippen LogP contribution in [0.2, 0.25) is 0 Å². The summed E-state index contributed by atoms with van der Waals surface area (Å²) in [6.45, 7) is 7.21. The second-order valence-electron chi connectivity index (χ2n) is 10.3. The number of nitrogens with one attached hydrogen (secondary N) is 1. The van der Waals surface area contributed by atoms with Crippen LogP contribution in [0.4, 0.5) is 0 Å². The van der Waals surface area contributed by atoms with Gasteiger partial charge in [-0.05, 0) is 60.6 Å². The molecule has 0 radical (unpaired) electrons. The molecule has 3 amide bonds. The van der Waals surface area contributed by atoms with E-state index in [4.69, 9.17) is 0 Å². The fraction of sp³-hybridized carbons (Fsp3) is 0.379. The van der Waals surface area contributed by atoms with Crippen LogP contribution in [0.3, 0.4) is 0 Å². The van der Waals surface area contributed by atoms with Gasteiger partial charge in [0.05, 0.1) is 16.1 Å². The summed E-state index contributed by atoms with van der Waals surface area (Å²) < 4.78 is 0.905. The van der Waals surface area contributed by atoms with Gasteiger partial charge in [0, 0.05) is 29.7 Å². The number of aryl methyl sites for hydroxylation is 1. The normalized spacial score (nSPS) is 17.7. The van der Waals surface area contributed by atoms with E-state index in [2.05, 4.69) is 26.2 Å². The van der Waals surface area contributed by atoms with Gasteiger partial charge in [-0.25, -0.2) is 4.98 Å². The molecule has 1 aromatic heterocycles. The predicted octanol–water partition coefficient (Wildman–Crippen LogP) is 5.17. The molecular weight excluding hydrogens is 564 g/mol. The maximum atomic E-state index is 13.8. The van der Waals surface area contributed by atoms with Gasteiger partial charge in [0.1, 0.15) is 12.1 Å². The van der Waals surface area contributed by atoms with Crippen molar-refractivity contribution in [1.82, 2.24) is 20.1 Å². The Kier molecular flexibility index (Phi) is 7.68. The topological polar surface area (TPSA) is 82.6 Å². The molecule has 2 atom stereocenters. The Balaban J connectivity index is 1.25. The molecule has 1 unspecified atom stereocenters. The smallest absolute Gasteiger partial charge is 0.255 e. The molecule has 0 aliphatic carbocycles. The highest BCUT2D eigenvalue weighted by molar-refractivity contribution is 9.10. The van der Waals surface area contributed by atoms with Crippen molar-refractivity contribution in [2.24, 2.45) is 5.92 Å². The van der Waals surface area contributed by atoms with E-state index in [-0.39, 0.29) is 23.6 Å². The van der Waals surface area contributed by atoms with E-state index in [9.17, 15) is 14.4 Å². The minimum absolute atomic E-state index is 0.0887. The lowest BCUT2D eigenvalue weighted by molar-refractivity contribution is -0.143. The first-order valence-electron chi connectivity index (χ1n) is 12.9. The Labute approximate surface area is 235 Å². The van der Waals surface area contributed by atoms with Gasteiger partial charge in [-0.2, -0.15) is 0 Å². The average molecular weight is 596 g/mol. The number of carbonyl (C=O) groups excluding carboxylic acids is 3. The van der Waals surface area contributed by atoms with Crippen molar-refractivity contribution in [1.29, 1.82) is 0 Å². The van der Waals surface area contributed by atoms with Crippen LogP contribution in [0.5, 0.6) is 0 Å². The van der Waals surface area contributed by atoms with Crippen LogP contribution >= 0.6 is 27.3 Å². The number of aromatic nitrogens is 1. The number of thiazole rings is 1. The van der Waals surface area contributed by atoms with Crippen molar-refractivity contribution in [3.63, 3.8) is 0 Å². The summed E-state index contributed by atoms with van der Waals surface area (Å²) in [6, 6.07) is 12.6. The van der Waals surface area contributed by atoms with Gasteiger partial charge >= 0.3 is 0 Å². The van der Waals surface area contributed by atoms with Crippen LogP contribution in [0.15, 0.2) is 52.4 Å². The van der Waals surface area contributed by atoms with Gasteiger partial charge < -0.3 is 15.1 Å². The second kappa shape index (κ2) is 11.0. The first kappa shape index (κ1) is 26.6. The molecule has 38 heavy (non-hydrogen) atoms. The number of fused-ring (bicyclic) bond motifs is 1. The van der Waals surface area contributed by atoms with E-state index in [1.54, 1.807) is 27.2 Å². The summed E-state index contributed by atoms with van der Waals surface area (Å²) in [5, 5.41) is 3.03. The lowest BCUT2D eigenvalue weighted by Crippen LogP contribution is -2.55. The summed E-state index contributed by atoms with van der Waals surface area (Å²) in [6.07, 6.45) is 1.38. The van der Waals surface area contributed by atoms with Crippen LogP contribution in [-0.4, -0.2) is 51.1 Å². The molecule has 0 saturated carbocycles. The molecule has 1 fully saturated rings. The summed E-state index contributed by atoms with van der Waals surface area (Å²) in [5.74, 6) is -0.520. The molecule has 3 aromatic rings. The highest BCUT2D eigenvalue weighted by Crippen LogP contribution is 2.32. The molecule has 7 nitrogen and oxygen atoms in total. The summed E-state index contributed by atoms with van der Waals surface area (Å²) in [4.78, 5) is 49.1. The standard InChI is InChI=1S/C29H31BrN4O3S/c1-17(2)25(34-15-21-13-22(30)10-11-23(21)28(34)36)29(37)33-12-4-5-24(33)27(35)31-14-19-6-8-20(9-7-19)26-18(3)32-16-38-26/h6-11,13,16-17,24-25H,4-5,12,14-15H2,1-3H3,(H,31,35)/t24-,25?/m0/s1. The number of carbonyl (C=O) groups is 3. The van der Waals surface area contributed by atoms with Crippen LogP contribution in [0.25, 0.3) is 10.4 Å². The van der Waals surface area contributed by atoms with Gasteiger partial charge in [-0.1, -0.05) is 54.0 Å². The van der Waals surface area contributed by atoms with Crippen LogP contribution in [0.1, 0.15) is 53.9 Å². The number of halogens is 1. The molecule has 1 saturated heterocycles. The van der Waals surface area contributed by atoms with Gasteiger partial charge in [0.25, 0.3) is 5.91 Å². The SMILES string of the molecule is Cc1ncsc1-c1ccc(CNC(=O)[C@@H]2CCCN2C(=O)C(C(C)C)N2Cc3cc(Br)ccc3C2=O)cc1. The Bertz CT molecular complexity index is 1370. The highest BCUT2D eigenvalue weighted by atomic mass is 79.9. The Morgan fingerprint density at radius 3 is 2.63 bits per heavy atom. The van der Waals surface area contributed by atoms with Crippen LogP contribution in [-0.2, 0) is 22.7 Å². The summed E-state index contributed by atoms with van der Waals surface area (Å²) in [5.41, 5.74) is 6.50. The number of hydrogen-bond donors (Lipinski definition) is 1. The van der Waals surface area contributed by atoms with Crippen LogP contribution in [0, 0.1) is 12.8 Å². The second-order valence-corrected chi connectivity index (χ2v) is 12.1. The molecule has 2 aliphatic rings. The largest absolute Gasteiger partial charge is 0.350 e. The van der Waals surface area contributed by atoms with Crippen molar-refractivity contribution < 1.29 is 14.4 Å². The van der Waals surface area contributed by atoms with E-state index in [1.807, 2.05) is 62.7 Å². The Morgan fingerprint density at radius 1 is 1.18 bits per heavy atom. The third-order valence-electron chi connectivity index (χ3n) is 7.39. The number of benzene rings is 2. The minimum atomic E-state index is -0.621. The van der Waals surface area contributed by atoms with Gasteiger partial charge in [0.2, 0.25) is 11.8 Å². The summed E-state index contributed by atoms with van der Waals surface area (Å²) in [7, 11) is 0. The molecule has 5 rings (SSSR count). The monoisotopic (exact) mass is 594 g/mol. The minimum Gasteiger partial charge on any atom is -0.350 e. The van der Waals surface area contributed by atoms with E-state index in [1.165, 1.54) is 0 Å². The molecule has 198 valence electrons. The zero-order valence-corrected chi connectivity index (χ0v) is 24.1. The van der Waals surface area contributed by atoms with E-state index < -0.39 is 12.1 Å². The lowest BCUT2D eigenvalue weighted by Gasteiger charge is -2.35. The molecule has 9 heteroatoms. The zero-order chi connectivity index (χ0) is 27.0. The van der Waals surface area contributed by atoms with E-state index in [0.29, 0.717) is 31.6 Å². The van der Waals surface area contributed by atoms with Gasteiger partial charge in [-0.3, -0.25) is 14.4 Å². The first-order chi connectivity index (χ1) is 18.2. The number of rotatable bonds is 7. The van der Waals surface area contributed by atoms with E-state index >= 15 is 0 Å². The fourth-order valence-electron chi connectivity index (χ4n) is 5.45. The molecule has 2 aliphatic heterocycles. The van der Waals surface area contributed by atoms with Crippen molar-refractivity contribution in [2.45, 2.75) is 58.8 Å². The quantitative estimate of drug-likeness (QED) is 0.409. The van der Waals surface area contributed by atoms with Gasteiger partial charge in [-0.15, -0.1) is 11.3 Å². The predicted molar refractivity (Wildman–Crippen MR) is 152 cm³/mol. The maximum Gasteiger partial charge on any atom is 0.255 e. The average Bonchev–Trinajstić information content (AvgIpc) is 3.62. The third-order valence-corrected chi connectivity index (χ3v) is 8.86. The van der Waals surface area contributed by atoms with Crippen molar-refractivity contribution in [3.05, 3.63) is 74.8 Å². The fourth-order valence-corrected chi connectivity index (χ4v) is 6.67. The number of nitrogens with zero attached hydrogens (tertiary/aromatic N) is 3. The number of hydrogen-bond acceptors (Lipinski definition) is 5. The third kappa shape index (κ3) is 5.14. The van der Waals surface area contributed by atoms with Gasteiger partial charge in [0.15, 0.2) is 0 Å². The number of amides is 3. The molecule has 0 spiro atoms. The number of likely N-dealkylation sites (tertiary alicyclic amines) is 1. The summed E-state index contributed by atoms with van der Waals surface area (Å²) >= 11 is 5.08. The first-order valence-corrected chi connectivity index (χ1v) is 14.6. The highest BCUT2D eigenvalue weighted by Gasteiger charge is 2.43. The Hall–Kier alpha value is -3.04. The molecule has 0 bridgehead atoms. The van der Waals surface area contributed by atoms with Crippen molar-refractivity contribution in [3.8, 4) is 10.4 Å².